The predicted octanol–water partition coefficient (Wildman–Crippen LogP) is 4.50. The lowest BCUT2D eigenvalue weighted by Crippen LogP contribution is -2.10. The molecule has 0 atom stereocenters. The third-order valence-corrected chi connectivity index (χ3v) is 5.74. The predicted molar refractivity (Wildman–Crippen MR) is 102 cm³/mol. The molecular formula is C19H20N4O3S. The molecule has 2 heterocycles. The SMILES string of the molecule is COc1ccc(-c2cc(C(=O)Nc3nnc(C4CCCCC4)s3)on2)cc1. The number of rotatable bonds is 5. The first kappa shape index (κ1) is 17.7. The van der Waals surface area contributed by atoms with E-state index in [1.54, 1.807) is 13.2 Å². The molecule has 1 amide bonds. The topological polar surface area (TPSA) is 90.1 Å². The Morgan fingerprint density at radius 2 is 1.96 bits per heavy atom. The number of methoxy groups -OCH3 is 1. The molecule has 0 aliphatic heterocycles. The van der Waals surface area contributed by atoms with E-state index < -0.39 is 0 Å². The lowest BCUT2D eigenvalue weighted by Gasteiger charge is -2.18. The minimum Gasteiger partial charge on any atom is -0.497 e. The van der Waals surface area contributed by atoms with Gasteiger partial charge >= 0.3 is 0 Å². The maximum absolute atomic E-state index is 12.4. The second-order valence-electron chi connectivity index (χ2n) is 6.54. The number of anilines is 1. The molecule has 0 unspecified atom stereocenters. The zero-order valence-corrected chi connectivity index (χ0v) is 15.8. The van der Waals surface area contributed by atoms with Crippen LogP contribution < -0.4 is 10.1 Å². The molecule has 3 aromatic rings. The van der Waals surface area contributed by atoms with Crippen molar-refractivity contribution < 1.29 is 14.1 Å². The molecule has 1 aromatic carbocycles. The molecule has 2 aromatic heterocycles. The van der Waals surface area contributed by atoms with Crippen molar-refractivity contribution >= 4 is 22.4 Å². The van der Waals surface area contributed by atoms with Gasteiger partial charge in [0.15, 0.2) is 0 Å². The van der Waals surface area contributed by atoms with Gasteiger partial charge in [-0.05, 0) is 37.1 Å². The van der Waals surface area contributed by atoms with Crippen molar-refractivity contribution in [2.24, 2.45) is 0 Å². The Balaban J connectivity index is 1.42. The number of hydrogen-bond donors (Lipinski definition) is 1. The average molecular weight is 384 g/mol. The van der Waals surface area contributed by atoms with Crippen LogP contribution in [0.5, 0.6) is 5.75 Å². The quantitative estimate of drug-likeness (QED) is 0.696. The van der Waals surface area contributed by atoms with E-state index in [0.29, 0.717) is 16.7 Å². The molecule has 0 saturated heterocycles. The van der Waals surface area contributed by atoms with E-state index in [9.17, 15) is 4.79 Å². The third kappa shape index (κ3) is 4.00. The van der Waals surface area contributed by atoms with Gasteiger partial charge in [0.25, 0.3) is 5.91 Å². The summed E-state index contributed by atoms with van der Waals surface area (Å²) in [5.41, 5.74) is 1.43. The minimum absolute atomic E-state index is 0.134. The number of ether oxygens (including phenoxy) is 1. The van der Waals surface area contributed by atoms with E-state index >= 15 is 0 Å². The highest BCUT2D eigenvalue weighted by Gasteiger charge is 2.21. The smallest absolute Gasteiger partial charge is 0.296 e. The van der Waals surface area contributed by atoms with Crippen molar-refractivity contribution in [2.45, 2.75) is 38.0 Å². The van der Waals surface area contributed by atoms with E-state index in [1.165, 1.54) is 30.6 Å². The molecule has 8 heteroatoms. The number of carbonyl (C=O) groups excluding carboxylic acids is 1. The summed E-state index contributed by atoms with van der Waals surface area (Å²) >= 11 is 1.44. The largest absolute Gasteiger partial charge is 0.497 e. The fraction of sp³-hybridized carbons (Fsp3) is 0.368. The van der Waals surface area contributed by atoms with Crippen molar-refractivity contribution in [1.29, 1.82) is 0 Å². The van der Waals surface area contributed by atoms with Crippen molar-refractivity contribution in [3.63, 3.8) is 0 Å². The molecule has 1 fully saturated rings. The van der Waals surface area contributed by atoms with Crippen LogP contribution in [0.1, 0.15) is 53.6 Å². The first-order valence-corrected chi connectivity index (χ1v) is 9.80. The Hall–Kier alpha value is -2.74. The van der Waals surface area contributed by atoms with Crippen LogP contribution in [0, 0.1) is 0 Å². The van der Waals surface area contributed by atoms with Gasteiger partial charge in [0.1, 0.15) is 16.5 Å². The van der Waals surface area contributed by atoms with Crippen LogP contribution in [-0.4, -0.2) is 28.4 Å². The minimum atomic E-state index is -0.381. The lowest BCUT2D eigenvalue weighted by atomic mass is 9.90. The van der Waals surface area contributed by atoms with Gasteiger partial charge in [0.05, 0.1) is 7.11 Å². The summed E-state index contributed by atoms with van der Waals surface area (Å²) < 4.78 is 10.3. The van der Waals surface area contributed by atoms with Crippen molar-refractivity contribution in [3.05, 3.63) is 41.1 Å². The molecule has 1 aliphatic carbocycles. The highest BCUT2D eigenvalue weighted by Crippen LogP contribution is 2.35. The standard InChI is InChI=1S/C19H20N4O3S/c1-25-14-9-7-12(8-10-14)15-11-16(26-23-15)17(24)20-19-22-21-18(27-19)13-5-3-2-4-6-13/h7-11,13H,2-6H2,1H3,(H,20,22,24). The van der Waals surface area contributed by atoms with Crippen LogP contribution in [0.3, 0.4) is 0 Å². The van der Waals surface area contributed by atoms with Gasteiger partial charge in [-0.3, -0.25) is 10.1 Å². The third-order valence-electron chi connectivity index (χ3n) is 4.74. The second kappa shape index (κ2) is 7.87. The molecular weight excluding hydrogens is 364 g/mol. The molecule has 0 spiro atoms. The average Bonchev–Trinajstić information content (AvgIpc) is 3.39. The Morgan fingerprint density at radius 1 is 1.19 bits per heavy atom. The Kier molecular flexibility index (Phi) is 5.15. The monoisotopic (exact) mass is 384 g/mol. The van der Waals surface area contributed by atoms with Gasteiger partial charge in [0, 0.05) is 17.5 Å². The van der Waals surface area contributed by atoms with E-state index in [2.05, 4.69) is 20.7 Å². The molecule has 27 heavy (non-hydrogen) atoms. The van der Waals surface area contributed by atoms with Crippen LogP contribution in [0.15, 0.2) is 34.9 Å². The second-order valence-corrected chi connectivity index (χ2v) is 7.55. The van der Waals surface area contributed by atoms with Crippen molar-refractivity contribution in [3.8, 4) is 17.0 Å². The summed E-state index contributed by atoms with van der Waals surface area (Å²) in [7, 11) is 1.61. The Morgan fingerprint density at radius 3 is 2.70 bits per heavy atom. The van der Waals surface area contributed by atoms with Gasteiger partial charge < -0.3 is 9.26 Å². The summed E-state index contributed by atoms with van der Waals surface area (Å²) in [6.07, 6.45) is 6.06. The van der Waals surface area contributed by atoms with Gasteiger partial charge in [-0.15, -0.1) is 10.2 Å². The van der Waals surface area contributed by atoms with Crippen LogP contribution in [0.25, 0.3) is 11.3 Å². The highest BCUT2D eigenvalue weighted by molar-refractivity contribution is 7.15. The maximum Gasteiger partial charge on any atom is 0.296 e. The molecule has 1 aliphatic rings. The number of benzene rings is 1. The number of amides is 1. The van der Waals surface area contributed by atoms with Crippen molar-refractivity contribution in [1.82, 2.24) is 15.4 Å². The van der Waals surface area contributed by atoms with Crippen LogP contribution in [0.2, 0.25) is 0 Å². The van der Waals surface area contributed by atoms with E-state index in [4.69, 9.17) is 9.26 Å². The molecule has 0 bridgehead atoms. The molecule has 0 radical (unpaired) electrons. The first-order chi connectivity index (χ1) is 13.2. The van der Waals surface area contributed by atoms with Gasteiger partial charge in [-0.2, -0.15) is 0 Å². The molecule has 140 valence electrons. The zero-order valence-electron chi connectivity index (χ0n) is 15.0. The fourth-order valence-corrected chi connectivity index (χ4v) is 4.15. The summed E-state index contributed by atoms with van der Waals surface area (Å²) in [4.78, 5) is 12.4. The number of hydrogen-bond acceptors (Lipinski definition) is 7. The highest BCUT2D eigenvalue weighted by atomic mass is 32.1. The number of nitrogens with zero attached hydrogens (tertiary/aromatic N) is 3. The fourth-order valence-electron chi connectivity index (χ4n) is 3.24. The lowest BCUT2D eigenvalue weighted by molar-refractivity contribution is 0.0988. The van der Waals surface area contributed by atoms with Crippen LogP contribution >= 0.6 is 11.3 Å². The normalized spacial score (nSPS) is 14.9. The first-order valence-electron chi connectivity index (χ1n) is 8.99. The molecule has 7 nitrogen and oxygen atoms in total. The zero-order chi connectivity index (χ0) is 18.6. The number of aromatic nitrogens is 3. The van der Waals surface area contributed by atoms with Gasteiger partial charge in [0.2, 0.25) is 10.9 Å². The van der Waals surface area contributed by atoms with Gasteiger partial charge in [-0.25, -0.2) is 0 Å². The Bertz CT molecular complexity index is 913. The summed E-state index contributed by atoms with van der Waals surface area (Å²) in [6, 6.07) is 8.99. The Labute approximate surface area is 160 Å². The van der Waals surface area contributed by atoms with Crippen LogP contribution in [0.4, 0.5) is 5.13 Å². The molecule has 1 saturated carbocycles. The number of carbonyl (C=O) groups is 1. The maximum atomic E-state index is 12.4. The van der Waals surface area contributed by atoms with E-state index in [0.717, 1.165) is 29.2 Å². The summed E-state index contributed by atoms with van der Waals surface area (Å²) in [5, 5.41) is 16.6. The van der Waals surface area contributed by atoms with E-state index in [1.807, 2.05) is 24.3 Å². The molecule has 4 rings (SSSR count). The van der Waals surface area contributed by atoms with Crippen LogP contribution in [-0.2, 0) is 0 Å². The summed E-state index contributed by atoms with van der Waals surface area (Å²) in [5.74, 6) is 0.975. The number of nitrogens with one attached hydrogen (secondary N) is 1. The molecule has 1 N–H and O–H groups in total. The van der Waals surface area contributed by atoms with Gasteiger partial charge in [-0.1, -0.05) is 35.8 Å². The summed E-state index contributed by atoms with van der Waals surface area (Å²) in [6.45, 7) is 0. The van der Waals surface area contributed by atoms with E-state index in [-0.39, 0.29) is 11.7 Å². The van der Waals surface area contributed by atoms with Crippen molar-refractivity contribution in [2.75, 3.05) is 12.4 Å².